The van der Waals surface area contributed by atoms with E-state index in [2.05, 4.69) is 25.7 Å². The number of hydrogen-bond donors (Lipinski definition) is 0. The quantitative estimate of drug-likeness (QED) is 0.380. The third-order valence-corrected chi connectivity index (χ3v) is 7.55. The van der Waals surface area contributed by atoms with E-state index in [4.69, 9.17) is 18.6 Å². The molecule has 0 nitrogen and oxygen atoms in total. The first-order valence-electron chi connectivity index (χ1n) is 11.3. The summed E-state index contributed by atoms with van der Waals surface area (Å²) in [6.07, 6.45) is 28.0. The van der Waals surface area contributed by atoms with Crippen molar-refractivity contribution in [1.29, 1.82) is 0 Å². The Balaban J connectivity index is 0.000000604. The molecule has 5 rings (SSSR count). The van der Waals surface area contributed by atoms with E-state index < -0.39 is 17.0 Å². The van der Waals surface area contributed by atoms with Gasteiger partial charge in [0.15, 0.2) is 0 Å². The van der Waals surface area contributed by atoms with Crippen LogP contribution in [-0.2, 0) is 17.0 Å². The molecule has 150 valence electrons. The van der Waals surface area contributed by atoms with Crippen LogP contribution < -0.4 is 0 Å². The SMILES string of the molecule is [CH]1[CH][C](C[C@H]2CCC[C@@H]2C[C]2[CH][CH][C]3CCCC[C]32)[C]2CCCC[C]12.[Cl][Ti][Cl]. The van der Waals surface area contributed by atoms with Crippen molar-refractivity contribution in [2.45, 2.75) is 83.5 Å². The summed E-state index contributed by atoms with van der Waals surface area (Å²) in [4.78, 5) is 0. The summed E-state index contributed by atoms with van der Waals surface area (Å²) in [5.74, 6) is 12.2. The predicted octanol–water partition coefficient (Wildman–Crippen LogP) is 8.00. The maximum atomic E-state index is 4.89. The summed E-state index contributed by atoms with van der Waals surface area (Å²) in [5.41, 5.74) is 0. The zero-order valence-electron chi connectivity index (χ0n) is 16.9. The topological polar surface area (TPSA) is 0 Å². The van der Waals surface area contributed by atoms with Gasteiger partial charge in [0.05, 0.1) is 0 Å². The first-order chi connectivity index (χ1) is 13.8. The van der Waals surface area contributed by atoms with Crippen LogP contribution in [0, 0.1) is 73.0 Å². The summed E-state index contributed by atoms with van der Waals surface area (Å²) >= 11 is -0.556. The molecule has 28 heavy (non-hydrogen) atoms. The van der Waals surface area contributed by atoms with Crippen LogP contribution in [0.1, 0.15) is 83.5 Å². The Morgan fingerprint density at radius 1 is 0.643 bits per heavy atom. The molecule has 5 fully saturated rings. The van der Waals surface area contributed by atoms with Crippen LogP contribution in [0.4, 0.5) is 0 Å². The van der Waals surface area contributed by atoms with Gasteiger partial charge in [0.25, 0.3) is 0 Å². The van der Waals surface area contributed by atoms with E-state index in [1.807, 2.05) is 0 Å². The van der Waals surface area contributed by atoms with Crippen molar-refractivity contribution >= 4 is 18.6 Å². The van der Waals surface area contributed by atoms with Gasteiger partial charge in [-0.15, -0.1) is 0 Å². The summed E-state index contributed by atoms with van der Waals surface area (Å²) < 4.78 is 0. The zero-order chi connectivity index (χ0) is 19.3. The van der Waals surface area contributed by atoms with Gasteiger partial charge in [-0.1, -0.05) is 44.9 Å². The molecule has 0 unspecified atom stereocenters. The molecule has 0 aromatic rings. The Bertz CT molecular complexity index is 429. The van der Waals surface area contributed by atoms with E-state index in [1.54, 1.807) is 35.5 Å². The molecular formula is C25H32Cl2Ti. The van der Waals surface area contributed by atoms with E-state index >= 15 is 0 Å². The van der Waals surface area contributed by atoms with Crippen LogP contribution in [0.15, 0.2) is 0 Å². The van der Waals surface area contributed by atoms with Crippen molar-refractivity contribution in [2.75, 3.05) is 0 Å². The summed E-state index contributed by atoms with van der Waals surface area (Å²) in [6.45, 7) is 0. The van der Waals surface area contributed by atoms with Crippen LogP contribution in [-0.4, -0.2) is 0 Å². The standard InChI is InChI=1S/C25H32.2ClH.Ti/c1-3-10-24-18(6-1)12-14-22(24)16-20-8-5-9-21(20)17-23-15-13-19-7-2-4-11-25(19)23;;;/h12-15,20-21H,1-11,16-17H2;2*1H;/q;;;+2/p-2/t20-,21-;;;/m1.../s1. The number of rotatable bonds is 4. The van der Waals surface area contributed by atoms with Crippen LogP contribution in [0.25, 0.3) is 0 Å². The number of hydrogen-bond acceptors (Lipinski definition) is 0. The van der Waals surface area contributed by atoms with E-state index in [0.29, 0.717) is 0 Å². The third-order valence-electron chi connectivity index (χ3n) is 7.55. The van der Waals surface area contributed by atoms with Crippen molar-refractivity contribution in [1.82, 2.24) is 0 Å². The molecule has 3 heteroatoms. The minimum atomic E-state index is -0.556. The molecule has 0 aromatic carbocycles. The summed E-state index contributed by atoms with van der Waals surface area (Å²) in [7, 11) is 9.78. The second kappa shape index (κ2) is 11.2. The van der Waals surface area contributed by atoms with Gasteiger partial charge in [-0.3, -0.25) is 0 Å². The molecule has 2 atom stereocenters. The molecule has 5 saturated carbocycles. The molecule has 0 aliphatic heterocycles. The number of fused-ring (bicyclic) bond motifs is 2. The Labute approximate surface area is 191 Å². The van der Waals surface area contributed by atoms with Gasteiger partial charge in [0.2, 0.25) is 0 Å². The van der Waals surface area contributed by atoms with Crippen molar-refractivity contribution in [3.05, 3.63) is 61.2 Å². The normalized spacial score (nSPS) is 33.5. The van der Waals surface area contributed by atoms with Crippen molar-refractivity contribution in [2.24, 2.45) is 11.8 Å². The Morgan fingerprint density at radius 2 is 1.07 bits per heavy atom. The molecule has 0 spiro atoms. The van der Waals surface area contributed by atoms with E-state index in [0.717, 1.165) is 11.8 Å². The van der Waals surface area contributed by atoms with E-state index in [1.165, 1.54) is 83.5 Å². The predicted molar refractivity (Wildman–Crippen MR) is 115 cm³/mol. The summed E-state index contributed by atoms with van der Waals surface area (Å²) in [6, 6.07) is 0. The van der Waals surface area contributed by atoms with Crippen LogP contribution >= 0.6 is 18.6 Å². The molecule has 0 saturated heterocycles. The first-order valence-corrected chi connectivity index (χ1v) is 15.6. The minimum absolute atomic E-state index is 0.556. The van der Waals surface area contributed by atoms with Gasteiger partial charge >= 0.3 is 35.6 Å². The van der Waals surface area contributed by atoms with Crippen LogP contribution in [0.5, 0.6) is 0 Å². The molecule has 0 aromatic heterocycles. The van der Waals surface area contributed by atoms with Crippen molar-refractivity contribution in [3.63, 3.8) is 0 Å². The monoisotopic (exact) mass is 450 g/mol. The van der Waals surface area contributed by atoms with Gasteiger partial charge in [-0.05, 0) is 112 Å². The molecule has 0 heterocycles. The molecule has 0 N–H and O–H groups in total. The van der Waals surface area contributed by atoms with Gasteiger partial charge in [-0.2, -0.15) is 0 Å². The fourth-order valence-electron chi connectivity index (χ4n) is 6.16. The Hall–Kier alpha value is 1.29. The summed E-state index contributed by atoms with van der Waals surface area (Å²) in [5, 5.41) is 0. The van der Waals surface area contributed by atoms with Crippen molar-refractivity contribution < 1.29 is 17.0 Å². The van der Waals surface area contributed by atoms with Gasteiger partial charge in [-0.25, -0.2) is 0 Å². The van der Waals surface area contributed by atoms with Crippen LogP contribution in [0.3, 0.4) is 0 Å². The second-order valence-electron chi connectivity index (χ2n) is 9.07. The van der Waals surface area contributed by atoms with E-state index in [9.17, 15) is 0 Å². The average molecular weight is 451 g/mol. The fourth-order valence-corrected chi connectivity index (χ4v) is 6.16. The van der Waals surface area contributed by atoms with Gasteiger partial charge in [0.1, 0.15) is 0 Å². The zero-order valence-corrected chi connectivity index (χ0v) is 20.0. The molecule has 10 radical (unpaired) electrons. The number of halogens is 2. The molecule has 5 aliphatic rings. The second-order valence-corrected chi connectivity index (χ2v) is 11.6. The fraction of sp³-hybridized carbons (Fsp3) is 0.600. The Morgan fingerprint density at radius 3 is 1.54 bits per heavy atom. The Kier molecular flexibility index (Phi) is 9.03. The third kappa shape index (κ3) is 5.37. The van der Waals surface area contributed by atoms with E-state index in [-0.39, 0.29) is 0 Å². The maximum absolute atomic E-state index is 4.89. The molecule has 0 amide bonds. The van der Waals surface area contributed by atoms with Crippen molar-refractivity contribution in [3.8, 4) is 0 Å². The molecule has 0 bridgehead atoms. The molecular weight excluding hydrogens is 419 g/mol. The average Bonchev–Trinajstić information content (AvgIpc) is 3.44. The van der Waals surface area contributed by atoms with Gasteiger partial charge in [0, 0.05) is 0 Å². The van der Waals surface area contributed by atoms with Gasteiger partial charge < -0.3 is 0 Å². The van der Waals surface area contributed by atoms with Crippen LogP contribution in [0.2, 0.25) is 0 Å². The first kappa shape index (κ1) is 22.5. The molecule has 5 aliphatic carbocycles.